The topological polar surface area (TPSA) is 41.3 Å². The molecule has 2 fully saturated rings. The molecule has 3 rings (SSSR count). The van der Waals surface area contributed by atoms with E-state index in [1.807, 2.05) is 6.07 Å². The Labute approximate surface area is 127 Å². The lowest BCUT2D eigenvalue weighted by Gasteiger charge is -2.17. The summed E-state index contributed by atoms with van der Waals surface area (Å²) in [6, 6.07) is 7.52. The fraction of sp³-hybridized carbons (Fsp3) is 0.500. The molecule has 1 aromatic carbocycles. The zero-order valence-corrected chi connectivity index (χ0v) is 13.1. The van der Waals surface area contributed by atoms with Crippen LogP contribution in [0.2, 0.25) is 0 Å². The van der Waals surface area contributed by atoms with Gasteiger partial charge in [-0.25, -0.2) is 0 Å². The summed E-state index contributed by atoms with van der Waals surface area (Å²) in [5.74, 6) is 0. The lowest BCUT2D eigenvalue weighted by molar-refractivity contribution is 0.326. The Hall–Kier alpha value is -0.650. The minimum absolute atomic E-state index is 0.430. The first-order valence-electron chi connectivity index (χ1n) is 6.73. The van der Waals surface area contributed by atoms with Gasteiger partial charge >= 0.3 is 0 Å². The summed E-state index contributed by atoms with van der Waals surface area (Å²) in [5, 5.41) is 3.60. The first-order chi connectivity index (χ1) is 9.13. The molecule has 5 heteroatoms. The molecule has 3 N–H and O–H groups in total. The Morgan fingerprint density at radius 2 is 2.16 bits per heavy atom. The Morgan fingerprint density at radius 3 is 2.79 bits per heavy atom. The van der Waals surface area contributed by atoms with Gasteiger partial charge in [-0.1, -0.05) is 12.2 Å². The monoisotopic (exact) mass is 339 g/mol. The van der Waals surface area contributed by atoms with Gasteiger partial charge in [0.15, 0.2) is 0 Å². The maximum atomic E-state index is 5.66. The molecule has 102 valence electrons. The third kappa shape index (κ3) is 3.09. The van der Waals surface area contributed by atoms with Gasteiger partial charge in [0.1, 0.15) is 4.99 Å². The quantitative estimate of drug-likeness (QED) is 0.827. The molecule has 19 heavy (non-hydrogen) atoms. The molecule has 1 saturated heterocycles. The van der Waals surface area contributed by atoms with Gasteiger partial charge in [0.2, 0.25) is 0 Å². The van der Waals surface area contributed by atoms with E-state index >= 15 is 0 Å². The average Bonchev–Trinajstić information content (AvgIpc) is 3.10. The smallest absolute Gasteiger partial charge is 0.105 e. The fourth-order valence-corrected chi connectivity index (χ4v) is 3.62. The molecule has 1 aliphatic carbocycles. The highest BCUT2D eigenvalue weighted by atomic mass is 79.9. The highest BCUT2D eigenvalue weighted by molar-refractivity contribution is 9.10. The number of thiocarbonyl (C=S) groups is 1. The van der Waals surface area contributed by atoms with Crippen LogP contribution in [0, 0.1) is 0 Å². The Kier molecular flexibility index (Phi) is 3.78. The van der Waals surface area contributed by atoms with Crippen molar-refractivity contribution in [2.45, 2.75) is 31.3 Å². The molecule has 1 heterocycles. The van der Waals surface area contributed by atoms with E-state index in [9.17, 15) is 0 Å². The molecule has 0 radical (unpaired) electrons. The van der Waals surface area contributed by atoms with E-state index in [0.29, 0.717) is 11.0 Å². The van der Waals surface area contributed by atoms with Crippen LogP contribution in [0.3, 0.4) is 0 Å². The molecule has 1 unspecified atom stereocenters. The van der Waals surface area contributed by atoms with Crippen LogP contribution >= 0.6 is 28.1 Å². The Balaban J connectivity index is 1.63. The summed E-state index contributed by atoms with van der Waals surface area (Å²) in [6.07, 6.45) is 4.01. The van der Waals surface area contributed by atoms with Gasteiger partial charge in [-0.15, -0.1) is 0 Å². The number of nitrogens with zero attached hydrogens (tertiary/aromatic N) is 1. The largest absolute Gasteiger partial charge is 0.389 e. The average molecular weight is 340 g/mol. The number of nitrogens with two attached hydrogens (primary N) is 1. The van der Waals surface area contributed by atoms with Gasteiger partial charge < -0.3 is 11.1 Å². The van der Waals surface area contributed by atoms with Gasteiger partial charge in [0, 0.05) is 40.9 Å². The number of benzene rings is 1. The lowest BCUT2D eigenvalue weighted by atomic mass is 10.2. The van der Waals surface area contributed by atoms with Crippen molar-refractivity contribution in [3.63, 3.8) is 0 Å². The van der Waals surface area contributed by atoms with Gasteiger partial charge in [-0.2, -0.15) is 0 Å². The molecule has 2 aliphatic rings. The van der Waals surface area contributed by atoms with Crippen LogP contribution < -0.4 is 11.1 Å². The minimum atomic E-state index is 0.430. The second-order valence-electron chi connectivity index (χ2n) is 5.41. The normalized spacial score (nSPS) is 23.5. The zero-order valence-electron chi connectivity index (χ0n) is 10.7. The van der Waals surface area contributed by atoms with Crippen LogP contribution in [0.1, 0.15) is 24.8 Å². The predicted octanol–water partition coefficient (Wildman–Crippen LogP) is 2.73. The van der Waals surface area contributed by atoms with E-state index < -0.39 is 0 Å². The van der Waals surface area contributed by atoms with Crippen LogP contribution in [0.15, 0.2) is 22.7 Å². The van der Waals surface area contributed by atoms with Gasteiger partial charge in [-0.05, 0) is 53.4 Å². The third-order valence-corrected chi connectivity index (χ3v) is 4.76. The second kappa shape index (κ2) is 5.38. The van der Waals surface area contributed by atoms with E-state index in [4.69, 9.17) is 18.0 Å². The van der Waals surface area contributed by atoms with Crippen LogP contribution in [-0.4, -0.2) is 35.1 Å². The van der Waals surface area contributed by atoms with E-state index in [1.54, 1.807) is 0 Å². The van der Waals surface area contributed by atoms with E-state index in [1.165, 1.54) is 32.4 Å². The zero-order chi connectivity index (χ0) is 13.4. The van der Waals surface area contributed by atoms with Crippen LogP contribution in [0.5, 0.6) is 0 Å². The number of hydrogen-bond acceptors (Lipinski definition) is 3. The van der Waals surface area contributed by atoms with Crippen molar-refractivity contribution >= 4 is 38.8 Å². The molecule has 1 aromatic rings. The standard InChI is InChI=1S/C14H18BrN3S/c15-13-7-9(1-4-12(13)14(16)19)17-10-5-6-18(8-10)11-2-3-11/h1,4,7,10-11,17H,2-3,5-6,8H2,(H2,16,19). The van der Waals surface area contributed by atoms with E-state index in [-0.39, 0.29) is 0 Å². The predicted molar refractivity (Wildman–Crippen MR) is 86.7 cm³/mol. The Morgan fingerprint density at radius 1 is 1.37 bits per heavy atom. The SMILES string of the molecule is NC(=S)c1ccc(NC2CCN(C3CC3)C2)cc1Br. The van der Waals surface area contributed by atoms with E-state index in [0.717, 1.165) is 21.8 Å². The number of anilines is 1. The van der Waals surface area contributed by atoms with Crippen molar-refractivity contribution in [3.05, 3.63) is 28.2 Å². The number of nitrogens with one attached hydrogen (secondary N) is 1. The minimum Gasteiger partial charge on any atom is -0.389 e. The number of hydrogen-bond donors (Lipinski definition) is 2. The highest BCUT2D eigenvalue weighted by Crippen LogP contribution is 2.31. The Bertz CT molecular complexity index is 501. The summed E-state index contributed by atoms with van der Waals surface area (Å²) < 4.78 is 0.960. The molecule has 1 saturated carbocycles. The first kappa shape index (κ1) is 13.3. The molecule has 0 bridgehead atoms. The molecule has 1 atom stereocenters. The summed E-state index contributed by atoms with van der Waals surface area (Å²) in [5.41, 5.74) is 7.69. The van der Waals surface area contributed by atoms with Gasteiger partial charge in [-0.3, -0.25) is 4.90 Å². The van der Waals surface area contributed by atoms with Crippen molar-refractivity contribution in [2.75, 3.05) is 18.4 Å². The summed E-state index contributed by atoms with van der Waals surface area (Å²) in [6.45, 7) is 2.40. The summed E-state index contributed by atoms with van der Waals surface area (Å²) in [4.78, 5) is 3.04. The maximum Gasteiger partial charge on any atom is 0.105 e. The van der Waals surface area contributed by atoms with Crippen molar-refractivity contribution in [3.8, 4) is 0 Å². The first-order valence-corrected chi connectivity index (χ1v) is 7.93. The highest BCUT2D eigenvalue weighted by Gasteiger charge is 2.34. The van der Waals surface area contributed by atoms with Crippen molar-refractivity contribution in [1.29, 1.82) is 0 Å². The molecular formula is C14H18BrN3S. The maximum absolute atomic E-state index is 5.66. The van der Waals surface area contributed by atoms with Crippen molar-refractivity contribution in [1.82, 2.24) is 4.90 Å². The molecule has 1 aliphatic heterocycles. The third-order valence-electron chi connectivity index (χ3n) is 3.89. The second-order valence-corrected chi connectivity index (χ2v) is 6.71. The molecule has 0 aromatic heterocycles. The van der Waals surface area contributed by atoms with Crippen LogP contribution in [-0.2, 0) is 0 Å². The summed E-state index contributed by atoms with van der Waals surface area (Å²) >= 11 is 8.53. The van der Waals surface area contributed by atoms with E-state index in [2.05, 4.69) is 38.3 Å². The molecule has 0 amide bonds. The van der Waals surface area contributed by atoms with Crippen LogP contribution in [0.25, 0.3) is 0 Å². The fourth-order valence-electron chi connectivity index (χ4n) is 2.72. The lowest BCUT2D eigenvalue weighted by Crippen LogP contribution is -2.27. The van der Waals surface area contributed by atoms with Gasteiger partial charge in [0.05, 0.1) is 0 Å². The number of halogens is 1. The van der Waals surface area contributed by atoms with Crippen molar-refractivity contribution < 1.29 is 0 Å². The molecular weight excluding hydrogens is 322 g/mol. The number of likely N-dealkylation sites (tertiary alicyclic amines) is 1. The van der Waals surface area contributed by atoms with Crippen molar-refractivity contribution in [2.24, 2.45) is 5.73 Å². The summed E-state index contributed by atoms with van der Waals surface area (Å²) in [7, 11) is 0. The molecule has 0 spiro atoms. The van der Waals surface area contributed by atoms with Crippen LogP contribution in [0.4, 0.5) is 5.69 Å². The van der Waals surface area contributed by atoms with Gasteiger partial charge in [0.25, 0.3) is 0 Å². The number of rotatable bonds is 4. The molecule has 3 nitrogen and oxygen atoms in total.